The summed E-state index contributed by atoms with van der Waals surface area (Å²) in [5.41, 5.74) is 8.87. The fourth-order valence-corrected chi connectivity index (χ4v) is 4.70. The zero-order valence-electron chi connectivity index (χ0n) is 16.9. The number of amides is 2. The average Bonchev–Trinajstić information content (AvgIpc) is 3.31. The molecule has 2 aliphatic rings. The Balaban J connectivity index is 1.47. The second-order valence-corrected chi connectivity index (χ2v) is 8.47. The summed E-state index contributed by atoms with van der Waals surface area (Å²) in [5, 5.41) is 3.07. The quantitative estimate of drug-likeness (QED) is 0.823. The number of fused-ring (bicyclic) bond motifs is 1. The van der Waals surface area contributed by atoms with Gasteiger partial charge in [0.1, 0.15) is 0 Å². The van der Waals surface area contributed by atoms with E-state index in [1.54, 1.807) is 0 Å². The second-order valence-electron chi connectivity index (χ2n) is 8.47. The van der Waals surface area contributed by atoms with Gasteiger partial charge in [0.15, 0.2) is 0 Å². The van der Waals surface area contributed by atoms with Crippen LogP contribution in [0.2, 0.25) is 0 Å². The van der Waals surface area contributed by atoms with Gasteiger partial charge in [0, 0.05) is 24.7 Å². The van der Waals surface area contributed by atoms with Crippen LogP contribution < -0.4 is 11.1 Å². The van der Waals surface area contributed by atoms with Crippen molar-refractivity contribution in [1.82, 2.24) is 10.2 Å². The summed E-state index contributed by atoms with van der Waals surface area (Å²) in [4.78, 5) is 27.8. The van der Waals surface area contributed by atoms with Gasteiger partial charge >= 0.3 is 0 Å². The number of aryl methyl sites for hydroxylation is 1. The van der Waals surface area contributed by atoms with Gasteiger partial charge in [-0.25, -0.2) is 0 Å². The highest BCUT2D eigenvalue weighted by Gasteiger charge is 2.42. The molecule has 4 rings (SSSR count). The van der Waals surface area contributed by atoms with Crippen LogP contribution in [0.5, 0.6) is 0 Å². The van der Waals surface area contributed by atoms with Crippen LogP contribution in [-0.4, -0.2) is 35.8 Å². The normalized spacial score (nSPS) is 24.2. The van der Waals surface area contributed by atoms with Crippen LogP contribution in [0.3, 0.4) is 0 Å². The van der Waals surface area contributed by atoms with Crippen molar-refractivity contribution >= 4 is 11.8 Å². The molecule has 29 heavy (non-hydrogen) atoms. The van der Waals surface area contributed by atoms with Crippen LogP contribution in [0.15, 0.2) is 54.6 Å². The first-order valence-corrected chi connectivity index (χ1v) is 10.5. The molecule has 3 N–H and O–H groups in total. The van der Waals surface area contributed by atoms with E-state index in [0.717, 1.165) is 37.1 Å². The van der Waals surface area contributed by atoms with E-state index < -0.39 is 0 Å². The van der Waals surface area contributed by atoms with Gasteiger partial charge < -0.3 is 16.0 Å². The number of rotatable bonds is 5. The van der Waals surface area contributed by atoms with Crippen molar-refractivity contribution in [3.63, 3.8) is 0 Å². The number of hydrogen-bond acceptors (Lipinski definition) is 3. The Morgan fingerprint density at radius 1 is 1.07 bits per heavy atom. The maximum atomic E-state index is 13.1. The molecule has 2 aromatic rings. The number of hydrogen-bond donors (Lipinski definition) is 2. The minimum atomic E-state index is -0.355. The number of nitrogens with one attached hydrogen (secondary N) is 1. The number of nitrogens with zero attached hydrogens (tertiary/aromatic N) is 1. The molecule has 1 heterocycles. The summed E-state index contributed by atoms with van der Waals surface area (Å²) in [6.07, 6.45) is 2.44. The van der Waals surface area contributed by atoms with Crippen LogP contribution in [0, 0.1) is 18.8 Å². The summed E-state index contributed by atoms with van der Waals surface area (Å²) in [5.74, 6) is 0.888. The van der Waals surface area contributed by atoms with E-state index in [-0.39, 0.29) is 30.3 Å². The summed E-state index contributed by atoms with van der Waals surface area (Å²) in [7, 11) is 0. The van der Waals surface area contributed by atoms with Crippen LogP contribution in [0.4, 0.5) is 0 Å². The van der Waals surface area contributed by atoms with E-state index in [0.29, 0.717) is 17.4 Å². The van der Waals surface area contributed by atoms with Gasteiger partial charge in [-0.3, -0.25) is 9.59 Å². The largest absolute Gasteiger partial charge is 0.345 e. The Kier molecular flexibility index (Phi) is 5.67. The summed E-state index contributed by atoms with van der Waals surface area (Å²) < 4.78 is 0. The van der Waals surface area contributed by atoms with E-state index in [1.807, 2.05) is 66.4 Å². The van der Waals surface area contributed by atoms with E-state index in [1.165, 1.54) is 0 Å². The Morgan fingerprint density at radius 3 is 2.48 bits per heavy atom. The Bertz CT molecular complexity index is 865. The molecule has 1 saturated heterocycles. The molecule has 152 valence electrons. The van der Waals surface area contributed by atoms with Gasteiger partial charge in [0.25, 0.3) is 5.91 Å². The number of nitrogens with two attached hydrogens (primary N) is 1. The molecule has 1 saturated carbocycles. The molecular formula is C24H29N3O2. The molecule has 1 aliphatic heterocycles. The van der Waals surface area contributed by atoms with Crippen molar-refractivity contribution in [3.05, 3.63) is 71.3 Å². The first-order chi connectivity index (χ1) is 14.0. The third kappa shape index (κ3) is 4.35. The van der Waals surface area contributed by atoms with E-state index in [4.69, 9.17) is 5.73 Å². The summed E-state index contributed by atoms with van der Waals surface area (Å²) in [6.45, 7) is 3.53. The molecule has 4 atom stereocenters. The monoisotopic (exact) mass is 391 g/mol. The van der Waals surface area contributed by atoms with Gasteiger partial charge in [0.2, 0.25) is 5.91 Å². The molecular weight excluding hydrogens is 362 g/mol. The van der Waals surface area contributed by atoms with Gasteiger partial charge in [-0.1, -0.05) is 48.0 Å². The topological polar surface area (TPSA) is 75.4 Å². The standard InChI is InChI=1S/C24H29N3O2/c1-16-7-9-18(10-8-16)24(29)26-22(17-5-3-2-4-6-17)13-23(28)27-14-19-11-12-21(25)20(19)15-27/h2-10,19-22H,11-15,25H2,1H3,(H,26,29). The van der Waals surface area contributed by atoms with Gasteiger partial charge in [-0.05, 0) is 49.3 Å². The molecule has 5 nitrogen and oxygen atoms in total. The lowest BCUT2D eigenvalue weighted by atomic mass is 9.98. The number of carbonyl (C=O) groups excluding carboxylic acids is 2. The van der Waals surface area contributed by atoms with E-state index >= 15 is 0 Å². The van der Waals surface area contributed by atoms with Crippen molar-refractivity contribution in [2.45, 2.75) is 38.3 Å². The smallest absolute Gasteiger partial charge is 0.251 e. The van der Waals surface area contributed by atoms with Crippen LogP contribution >= 0.6 is 0 Å². The average molecular weight is 392 g/mol. The van der Waals surface area contributed by atoms with Crippen LogP contribution in [0.1, 0.15) is 46.8 Å². The van der Waals surface area contributed by atoms with Gasteiger partial charge in [0.05, 0.1) is 12.5 Å². The maximum Gasteiger partial charge on any atom is 0.251 e. The van der Waals surface area contributed by atoms with Crippen molar-refractivity contribution < 1.29 is 9.59 Å². The Hall–Kier alpha value is -2.66. The predicted molar refractivity (Wildman–Crippen MR) is 113 cm³/mol. The van der Waals surface area contributed by atoms with Crippen molar-refractivity contribution in [1.29, 1.82) is 0 Å². The van der Waals surface area contributed by atoms with Crippen molar-refractivity contribution in [2.24, 2.45) is 17.6 Å². The first-order valence-electron chi connectivity index (χ1n) is 10.5. The number of benzene rings is 2. The minimum Gasteiger partial charge on any atom is -0.345 e. The third-order valence-electron chi connectivity index (χ3n) is 6.46. The Morgan fingerprint density at radius 2 is 1.79 bits per heavy atom. The lowest BCUT2D eigenvalue weighted by molar-refractivity contribution is -0.131. The fraction of sp³-hybridized carbons (Fsp3) is 0.417. The van der Waals surface area contributed by atoms with Crippen LogP contribution in [-0.2, 0) is 4.79 Å². The fourth-order valence-electron chi connectivity index (χ4n) is 4.70. The molecule has 1 aliphatic carbocycles. The van der Waals surface area contributed by atoms with Crippen molar-refractivity contribution in [2.75, 3.05) is 13.1 Å². The number of likely N-dealkylation sites (tertiary alicyclic amines) is 1. The molecule has 2 amide bonds. The summed E-state index contributed by atoms with van der Waals surface area (Å²) in [6, 6.07) is 17.1. The zero-order valence-corrected chi connectivity index (χ0v) is 16.9. The molecule has 0 aromatic heterocycles. The van der Waals surface area contributed by atoms with Gasteiger partial charge in [-0.2, -0.15) is 0 Å². The molecule has 0 bridgehead atoms. The highest BCUT2D eigenvalue weighted by atomic mass is 16.2. The SMILES string of the molecule is Cc1ccc(C(=O)NC(CC(=O)N2CC3CCC(N)C3C2)c2ccccc2)cc1. The highest BCUT2D eigenvalue weighted by Crippen LogP contribution is 2.37. The van der Waals surface area contributed by atoms with E-state index in [2.05, 4.69) is 5.32 Å². The molecule has 5 heteroatoms. The number of carbonyl (C=O) groups is 2. The lowest BCUT2D eigenvalue weighted by Crippen LogP contribution is -2.37. The lowest BCUT2D eigenvalue weighted by Gasteiger charge is -2.24. The first kappa shape index (κ1) is 19.6. The van der Waals surface area contributed by atoms with Crippen LogP contribution in [0.25, 0.3) is 0 Å². The molecule has 2 fully saturated rings. The Labute approximate surface area is 172 Å². The molecule has 0 spiro atoms. The maximum absolute atomic E-state index is 13.1. The molecule has 2 aromatic carbocycles. The molecule has 0 radical (unpaired) electrons. The summed E-state index contributed by atoms with van der Waals surface area (Å²) >= 11 is 0. The van der Waals surface area contributed by atoms with Gasteiger partial charge in [-0.15, -0.1) is 0 Å². The minimum absolute atomic E-state index is 0.0876. The predicted octanol–water partition coefficient (Wildman–Crippen LogP) is 3.05. The third-order valence-corrected chi connectivity index (χ3v) is 6.46. The molecule has 4 unspecified atom stereocenters. The second kappa shape index (κ2) is 8.37. The zero-order chi connectivity index (χ0) is 20.4. The van der Waals surface area contributed by atoms with E-state index in [9.17, 15) is 9.59 Å². The highest BCUT2D eigenvalue weighted by molar-refractivity contribution is 5.94. The van der Waals surface area contributed by atoms with Crippen molar-refractivity contribution in [3.8, 4) is 0 Å².